The van der Waals surface area contributed by atoms with Gasteiger partial charge in [0.2, 0.25) is 10.0 Å². The lowest BCUT2D eigenvalue weighted by Gasteiger charge is -2.31. The maximum atomic E-state index is 13.1. The van der Waals surface area contributed by atoms with Gasteiger partial charge in [-0.25, -0.2) is 8.42 Å². The average Bonchev–Trinajstić information content (AvgIpc) is 2.74. The first kappa shape index (κ1) is 19.0. The molecule has 2 aliphatic rings. The van der Waals surface area contributed by atoms with E-state index in [4.69, 9.17) is 14.2 Å². The molecule has 150 valence electrons. The molecule has 0 saturated carbocycles. The number of nitrogens with zero attached hydrogens (tertiary/aromatic N) is 2. The van der Waals surface area contributed by atoms with Crippen molar-refractivity contribution in [1.82, 2.24) is 4.31 Å². The molecule has 7 nitrogen and oxygen atoms in total. The van der Waals surface area contributed by atoms with Gasteiger partial charge in [0.1, 0.15) is 13.2 Å². The number of anilines is 1. The number of hydrogen-bond acceptors (Lipinski definition) is 6. The number of rotatable bonds is 5. The molecule has 1 saturated heterocycles. The largest absolute Gasteiger partial charge is 0.486 e. The van der Waals surface area contributed by atoms with Gasteiger partial charge in [-0.1, -0.05) is 18.2 Å². The lowest BCUT2D eigenvalue weighted by Crippen LogP contribution is -2.37. The second-order valence-corrected chi connectivity index (χ2v) is 8.84. The second kappa shape index (κ2) is 7.98. The average molecular weight is 404 g/mol. The van der Waals surface area contributed by atoms with Crippen molar-refractivity contribution < 1.29 is 22.6 Å². The minimum Gasteiger partial charge on any atom is -0.486 e. The molecule has 0 aliphatic carbocycles. The van der Waals surface area contributed by atoms with Gasteiger partial charge in [-0.3, -0.25) is 0 Å². The van der Waals surface area contributed by atoms with Gasteiger partial charge in [-0.15, -0.1) is 0 Å². The molecule has 2 aliphatic heterocycles. The molecule has 4 rings (SSSR count). The number of para-hydroxylation sites is 1. The van der Waals surface area contributed by atoms with E-state index in [1.807, 2.05) is 24.3 Å². The zero-order chi connectivity index (χ0) is 19.6. The Hall–Kier alpha value is -2.29. The highest BCUT2D eigenvalue weighted by Gasteiger charge is 2.25. The van der Waals surface area contributed by atoms with Crippen LogP contribution in [0, 0.1) is 0 Å². The first-order valence-electron chi connectivity index (χ1n) is 9.32. The maximum absolute atomic E-state index is 13.1. The van der Waals surface area contributed by atoms with E-state index in [-0.39, 0.29) is 11.4 Å². The normalized spacial score (nSPS) is 17.0. The van der Waals surface area contributed by atoms with E-state index in [0.717, 1.165) is 24.3 Å². The van der Waals surface area contributed by atoms with Gasteiger partial charge in [0.15, 0.2) is 11.5 Å². The summed E-state index contributed by atoms with van der Waals surface area (Å²) in [4.78, 5) is 2.44. The van der Waals surface area contributed by atoms with Crippen molar-refractivity contribution in [2.24, 2.45) is 0 Å². The Bertz CT molecular complexity index is 941. The molecule has 0 amide bonds. The summed E-state index contributed by atoms with van der Waals surface area (Å²) in [5, 5.41) is 0. The van der Waals surface area contributed by atoms with Crippen LogP contribution in [0.1, 0.15) is 5.56 Å². The van der Waals surface area contributed by atoms with Crippen LogP contribution in [0.4, 0.5) is 5.69 Å². The Balaban J connectivity index is 1.57. The lowest BCUT2D eigenvalue weighted by molar-refractivity contribution is 0.122. The predicted molar refractivity (Wildman–Crippen MR) is 106 cm³/mol. The van der Waals surface area contributed by atoms with Crippen LogP contribution in [0.5, 0.6) is 11.5 Å². The van der Waals surface area contributed by atoms with Crippen molar-refractivity contribution in [3.63, 3.8) is 0 Å². The first-order chi connectivity index (χ1) is 13.6. The van der Waals surface area contributed by atoms with Gasteiger partial charge in [0.05, 0.1) is 18.1 Å². The molecule has 0 bridgehead atoms. The van der Waals surface area contributed by atoms with E-state index in [0.29, 0.717) is 37.9 Å². The number of ether oxygens (including phenoxy) is 3. The Morgan fingerprint density at radius 1 is 0.964 bits per heavy atom. The number of hydrogen-bond donors (Lipinski definition) is 0. The quantitative estimate of drug-likeness (QED) is 0.760. The molecular weight excluding hydrogens is 380 g/mol. The summed E-state index contributed by atoms with van der Waals surface area (Å²) >= 11 is 0. The van der Waals surface area contributed by atoms with Crippen molar-refractivity contribution >= 4 is 15.7 Å². The van der Waals surface area contributed by atoms with Crippen molar-refractivity contribution in [2.45, 2.75) is 11.4 Å². The van der Waals surface area contributed by atoms with E-state index in [2.05, 4.69) is 4.90 Å². The molecule has 28 heavy (non-hydrogen) atoms. The molecule has 0 radical (unpaired) electrons. The zero-order valence-corrected chi connectivity index (χ0v) is 16.7. The number of sulfonamides is 1. The van der Waals surface area contributed by atoms with Gasteiger partial charge < -0.3 is 19.1 Å². The molecule has 0 unspecified atom stereocenters. The Morgan fingerprint density at radius 3 is 2.46 bits per heavy atom. The van der Waals surface area contributed by atoms with Crippen molar-refractivity contribution in [2.75, 3.05) is 51.5 Å². The third kappa shape index (κ3) is 3.80. The first-order valence-corrected chi connectivity index (χ1v) is 10.8. The maximum Gasteiger partial charge on any atom is 0.243 e. The highest BCUT2D eigenvalue weighted by molar-refractivity contribution is 7.89. The summed E-state index contributed by atoms with van der Waals surface area (Å²) in [6.45, 7) is 4.13. The number of fused-ring (bicyclic) bond motifs is 1. The van der Waals surface area contributed by atoms with E-state index >= 15 is 0 Å². The standard InChI is InChI=1S/C20H24N2O5S/c1-21(15-16-4-2-3-5-18(16)22-8-10-25-11-9-22)28(23,24)17-6-7-19-20(14-17)27-13-12-26-19/h2-7,14H,8-13,15H2,1H3. The highest BCUT2D eigenvalue weighted by Crippen LogP contribution is 2.33. The van der Waals surface area contributed by atoms with E-state index in [9.17, 15) is 8.42 Å². The van der Waals surface area contributed by atoms with Crippen LogP contribution in [0.3, 0.4) is 0 Å². The topological polar surface area (TPSA) is 68.3 Å². The fraction of sp³-hybridized carbons (Fsp3) is 0.400. The van der Waals surface area contributed by atoms with Crippen molar-refractivity contribution in [3.05, 3.63) is 48.0 Å². The third-order valence-corrected chi connectivity index (χ3v) is 6.76. The van der Waals surface area contributed by atoms with Crippen LogP contribution in [0.25, 0.3) is 0 Å². The minimum absolute atomic E-state index is 0.197. The van der Waals surface area contributed by atoms with Gasteiger partial charge in [-0.05, 0) is 23.8 Å². The fourth-order valence-corrected chi connectivity index (χ4v) is 4.61. The van der Waals surface area contributed by atoms with Crippen LogP contribution in [0.15, 0.2) is 47.4 Å². The minimum atomic E-state index is -3.66. The Labute approximate surface area is 165 Å². The number of benzene rings is 2. The lowest BCUT2D eigenvalue weighted by atomic mass is 10.1. The van der Waals surface area contributed by atoms with E-state index in [1.54, 1.807) is 19.2 Å². The fourth-order valence-electron chi connectivity index (χ4n) is 3.45. The van der Waals surface area contributed by atoms with Gasteiger partial charge in [0, 0.05) is 38.4 Å². The summed E-state index contributed by atoms with van der Waals surface area (Å²) in [6.07, 6.45) is 0. The number of morpholine rings is 1. The van der Waals surface area contributed by atoms with Gasteiger partial charge in [0.25, 0.3) is 0 Å². The predicted octanol–water partition coefficient (Wildman–Crippen LogP) is 2.12. The Morgan fingerprint density at radius 2 is 1.68 bits per heavy atom. The molecule has 2 heterocycles. The van der Waals surface area contributed by atoms with Gasteiger partial charge in [-0.2, -0.15) is 4.31 Å². The van der Waals surface area contributed by atoms with E-state index < -0.39 is 10.0 Å². The molecule has 0 aromatic heterocycles. The Kier molecular flexibility index (Phi) is 5.43. The third-order valence-electron chi connectivity index (χ3n) is 4.96. The molecule has 0 N–H and O–H groups in total. The van der Waals surface area contributed by atoms with Crippen LogP contribution in [0.2, 0.25) is 0 Å². The van der Waals surface area contributed by atoms with Crippen LogP contribution in [-0.4, -0.2) is 59.3 Å². The van der Waals surface area contributed by atoms with Crippen molar-refractivity contribution in [1.29, 1.82) is 0 Å². The summed E-state index contributed by atoms with van der Waals surface area (Å²) in [7, 11) is -2.06. The summed E-state index contributed by atoms with van der Waals surface area (Å²) in [6, 6.07) is 12.7. The highest BCUT2D eigenvalue weighted by atomic mass is 32.2. The summed E-state index contributed by atoms with van der Waals surface area (Å²) in [5.41, 5.74) is 2.02. The smallest absolute Gasteiger partial charge is 0.243 e. The molecule has 2 aromatic rings. The van der Waals surface area contributed by atoms with Crippen LogP contribution in [-0.2, 0) is 21.3 Å². The summed E-state index contributed by atoms with van der Waals surface area (Å²) < 4.78 is 44.0. The molecule has 0 spiro atoms. The molecule has 2 aromatic carbocycles. The molecule has 8 heteroatoms. The summed E-state index contributed by atoms with van der Waals surface area (Å²) in [5.74, 6) is 1.04. The zero-order valence-electron chi connectivity index (χ0n) is 15.8. The SMILES string of the molecule is CN(Cc1ccccc1N1CCOCC1)S(=O)(=O)c1ccc2c(c1)OCCO2. The van der Waals surface area contributed by atoms with Gasteiger partial charge >= 0.3 is 0 Å². The monoisotopic (exact) mass is 404 g/mol. The molecule has 0 atom stereocenters. The molecule has 1 fully saturated rings. The second-order valence-electron chi connectivity index (χ2n) is 6.79. The molecular formula is C20H24N2O5S. The van der Waals surface area contributed by atoms with E-state index in [1.165, 1.54) is 10.4 Å². The van der Waals surface area contributed by atoms with Crippen LogP contribution >= 0.6 is 0 Å². The van der Waals surface area contributed by atoms with Crippen molar-refractivity contribution in [3.8, 4) is 11.5 Å². The van der Waals surface area contributed by atoms with Crippen LogP contribution < -0.4 is 14.4 Å².